The summed E-state index contributed by atoms with van der Waals surface area (Å²) in [6, 6.07) is 7.97. The van der Waals surface area contributed by atoms with E-state index in [1.54, 1.807) is 7.11 Å². The molecule has 2 heterocycles. The average molecular weight is 430 g/mol. The van der Waals surface area contributed by atoms with Gasteiger partial charge in [-0.15, -0.1) is 10.2 Å². The lowest BCUT2D eigenvalue weighted by atomic mass is 10.0. The summed E-state index contributed by atoms with van der Waals surface area (Å²) in [5.74, 6) is 3.34. The molecule has 31 heavy (non-hydrogen) atoms. The first-order chi connectivity index (χ1) is 14.9. The topological polar surface area (TPSA) is 88.8 Å². The maximum absolute atomic E-state index is 5.50. The molecule has 1 aromatic heterocycles. The van der Waals surface area contributed by atoms with Crippen LogP contribution < -0.4 is 15.4 Å². The molecule has 2 N–H and O–H groups in total. The third kappa shape index (κ3) is 6.41. The van der Waals surface area contributed by atoms with E-state index in [0.717, 1.165) is 61.8 Å². The van der Waals surface area contributed by atoms with Gasteiger partial charge in [0.1, 0.15) is 11.6 Å². The van der Waals surface area contributed by atoms with Gasteiger partial charge in [-0.3, -0.25) is 4.90 Å². The zero-order valence-corrected chi connectivity index (χ0v) is 19.3. The lowest BCUT2D eigenvalue weighted by Crippen LogP contribution is -2.56. The van der Waals surface area contributed by atoms with Crippen molar-refractivity contribution in [2.24, 2.45) is 12.0 Å². The number of benzene rings is 1. The molecule has 2 aromatic rings. The second-order valence-electron chi connectivity index (χ2n) is 8.35. The van der Waals surface area contributed by atoms with Gasteiger partial charge >= 0.3 is 0 Å². The lowest BCUT2D eigenvalue weighted by molar-refractivity contribution is -0.00834. The molecule has 0 atom stereocenters. The number of nitrogens with one attached hydrogen (secondary N) is 2. The van der Waals surface area contributed by atoms with Gasteiger partial charge in [0.25, 0.3) is 0 Å². The van der Waals surface area contributed by atoms with Crippen LogP contribution in [0.4, 0.5) is 0 Å². The van der Waals surface area contributed by atoms with Crippen molar-refractivity contribution in [3.05, 3.63) is 41.5 Å². The fourth-order valence-corrected chi connectivity index (χ4v) is 3.42. The van der Waals surface area contributed by atoms with E-state index >= 15 is 0 Å². The van der Waals surface area contributed by atoms with E-state index in [1.165, 1.54) is 0 Å². The summed E-state index contributed by atoms with van der Waals surface area (Å²) in [4.78, 5) is 7.26. The number of aromatic nitrogens is 3. The van der Waals surface area contributed by atoms with Crippen molar-refractivity contribution in [2.75, 3.05) is 40.0 Å². The fourth-order valence-electron chi connectivity index (χ4n) is 3.42. The third-order valence-electron chi connectivity index (χ3n) is 5.73. The average Bonchev–Trinajstić information content (AvgIpc) is 3.11. The Labute approximate surface area is 184 Å². The molecule has 1 aromatic carbocycles. The van der Waals surface area contributed by atoms with Crippen molar-refractivity contribution in [1.29, 1.82) is 0 Å². The van der Waals surface area contributed by atoms with Crippen molar-refractivity contribution in [3.63, 3.8) is 0 Å². The zero-order valence-electron chi connectivity index (χ0n) is 19.3. The standard InChI is InChI=1S/C22H35N7O2/c1-17-26-27-20(28(17)4)15-24-21(23-14-18-6-8-19(30-5)9-7-18)25-16-22(2,3)29-10-12-31-13-11-29/h6-9H,10-16H2,1-5H3,(H2,23,24,25). The molecule has 1 aliphatic rings. The maximum Gasteiger partial charge on any atom is 0.192 e. The number of rotatable bonds is 8. The predicted octanol–water partition coefficient (Wildman–Crippen LogP) is 1.48. The van der Waals surface area contributed by atoms with Crippen LogP contribution in [0, 0.1) is 6.92 Å². The Hall–Kier alpha value is -2.65. The molecule has 1 fully saturated rings. The van der Waals surface area contributed by atoms with Crippen LogP contribution in [0.15, 0.2) is 29.3 Å². The van der Waals surface area contributed by atoms with E-state index in [4.69, 9.17) is 14.5 Å². The minimum atomic E-state index is -0.0201. The van der Waals surface area contributed by atoms with Gasteiger partial charge in [0.15, 0.2) is 11.8 Å². The highest BCUT2D eigenvalue weighted by molar-refractivity contribution is 5.79. The number of guanidine groups is 1. The molecule has 0 unspecified atom stereocenters. The second-order valence-corrected chi connectivity index (χ2v) is 8.35. The molecule has 1 aliphatic heterocycles. The Bertz CT molecular complexity index is 855. The fraction of sp³-hybridized carbons (Fsp3) is 0.591. The van der Waals surface area contributed by atoms with Gasteiger partial charge < -0.3 is 24.7 Å². The number of methoxy groups -OCH3 is 1. The molecule has 1 saturated heterocycles. The number of hydrogen-bond acceptors (Lipinski definition) is 6. The molecule has 0 radical (unpaired) electrons. The zero-order chi connectivity index (χ0) is 22.3. The minimum Gasteiger partial charge on any atom is -0.497 e. The van der Waals surface area contributed by atoms with Crippen molar-refractivity contribution >= 4 is 5.96 Å². The van der Waals surface area contributed by atoms with Crippen LogP contribution in [0.3, 0.4) is 0 Å². The maximum atomic E-state index is 5.50. The summed E-state index contributed by atoms with van der Waals surface area (Å²) >= 11 is 0. The van der Waals surface area contributed by atoms with Crippen LogP contribution >= 0.6 is 0 Å². The predicted molar refractivity (Wildman–Crippen MR) is 121 cm³/mol. The van der Waals surface area contributed by atoms with Crippen LogP contribution in [-0.4, -0.2) is 71.1 Å². The van der Waals surface area contributed by atoms with Gasteiger partial charge in [0, 0.05) is 32.2 Å². The largest absolute Gasteiger partial charge is 0.497 e. The van der Waals surface area contributed by atoms with Crippen LogP contribution in [0.1, 0.15) is 31.1 Å². The summed E-state index contributed by atoms with van der Waals surface area (Å²) in [7, 11) is 3.64. The van der Waals surface area contributed by atoms with E-state index in [-0.39, 0.29) is 5.54 Å². The quantitative estimate of drug-likeness (QED) is 0.485. The van der Waals surface area contributed by atoms with E-state index < -0.39 is 0 Å². The van der Waals surface area contributed by atoms with Crippen LogP contribution in [0.2, 0.25) is 0 Å². The van der Waals surface area contributed by atoms with Crippen LogP contribution in [-0.2, 0) is 24.9 Å². The lowest BCUT2D eigenvalue weighted by Gasteiger charge is -2.41. The van der Waals surface area contributed by atoms with Gasteiger partial charge in [-0.25, -0.2) is 4.99 Å². The number of hydrogen-bond donors (Lipinski definition) is 2. The summed E-state index contributed by atoms with van der Waals surface area (Å²) in [5, 5.41) is 15.3. The highest BCUT2D eigenvalue weighted by Gasteiger charge is 2.28. The minimum absolute atomic E-state index is 0.0201. The number of aliphatic imine (C=N–C) groups is 1. The van der Waals surface area contributed by atoms with Gasteiger partial charge in [-0.1, -0.05) is 12.1 Å². The van der Waals surface area contributed by atoms with Crippen LogP contribution in [0.25, 0.3) is 0 Å². The van der Waals surface area contributed by atoms with Crippen molar-refractivity contribution in [1.82, 2.24) is 30.3 Å². The molecule has 0 amide bonds. The van der Waals surface area contributed by atoms with Gasteiger partial charge in [0.2, 0.25) is 0 Å². The third-order valence-corrected chi connectivity index (χ3v) is 5.73. The van der Waals surface area contributed by atoms with Crippen molar-refractivity contribution in [2.45, 2.75) is 39.4 Å². The monoisotopic (exact) mass is 429 g/mol. The normalized spacial score (nSPS) is 15.7. The van der Waals surface area contributed by atoms with E-state index in [2.05, 4.69) is 39.6 Å². The van der Waals surface area contributed by atoms with E-state index in [9.17, 15) is 0 Å². The Morgan fingerprint density at radius 2 is 1.87 bits per heavy atom. The molecule has 0 aliphatic carbocycles. The Morgan fingerprint density at radius 3 is 2.48 bits per heavy atom. The second kappa shape index (κ2) is 10.6. The molecule has 9 nitrogen and oxygen atoms in total. The molecule has 0 bridgehead atoms. The van der Waals surface area contributed by atoms with E-state index in [0.29, 0.717) is 13.1 Å². The van der Waals surface area contributed by atoms with Crippen LogP contribution in [0.5, 0.6) is 5.75 Å². The smallest absolute Gasteiger partial charge is 0.192 e. The summed E-state index contributed by atoms with van der Waals surface area (Å²) < 4.78 is 12.7. The van der Waals surface area contributed by atoms with E-state index in [1.807, 2.05) is 42.8 Å². The Balaban J connectivity index is 1.66. The highest BCUT2D eigenvalue weighted by atomic mass is 16.5. The first-order valence-corrected chi connectivity index (χ1v) is 10.7. The SMILES string of the molecule is COc1ccc(CN=C(NCc2nnc(C)n2C)NCC(C)(C)N2CCOCC2)cc1. The molecular weight excluding hydrogens is 394 g/mol. The molecule has 0 spiro atoms. The number of nitrogens with zero attached hydrogens (tertiary/aromatic N) is 5. The Morgan fingerprint density at radius 1 is 1.16 bits per heavy atom. The Kier molecular flexibility index (Phi) is 7.86. The summed E-state index contributed by atoms with van der Waals surface area (Å²) in [6.07, 6.45) is 0. The van der Waals surface area contributed by atoms with Gasteiger partial charge in [-0.05, 0) is 38.5 Å². The van der Waals surface area contributed by atoms with Crippen molar-refractivity contribution < 1.29 is 9.47 Å². The van der Waals surface area contributed by atoms with Crippen molar-refractivity contribution in [3.8, 4) is 5.75 Å². The molecule has 170 valence electrons. The number of aryl methyl sites for hydroxylation is 1. The number of morpholine rings is 1. The number of ether oxygens (including phenoxy) is 2. The van der Waals surface area contributed by atoms with Gasteiger partial charge in [-0.2, -0.15) is 0 Å². The molecule has 0 saturated carbocycles. The summed E-state index contributed by atoms with van der Waals surface area (Å²) in [6.45, 7) is 11.8. The summed E-state index contributed by atoms with van der Waals surface area (Å²) in [5.41, 5.74) is 1.09. The first-order valence-electron chi connectivity index (χ1n) is 10.7. The first kappa shape index (κ1) is 23.0. The molecule has 9 heteroatoms. The highest BCUT2D eigenvalue weighted by Crippen LogP contribution is 2.15. The molecular formula is C22H35N7O2. The van der Waals surface area contributed by atoms with Gasteiger partial charge in [0.05, 0.1) is 33.4 Å². The molecule has 3 rings (SSSR count).